The van der Waals surface area contributed by atoms with Crippen molar-refractivity contribution in [1.29, 1.82) is 0 Å². The first-order chi connectivity index (χ1) is 13.9. The highest BCUT2D eigenvalue weighted by Crippen LogP contribution is 2.19. The Morgan fingerprint density at radius 3 is 2.14 bits per heavy atom. The molecule has 0 spiro atoms. The Morgan fingerprint density at radius 1 is 0.862 bits per heavy atom. The molecule has 0 heterocycles. The van der Waals surface area contributed by atoms with E-state index in [4.69, 9.17) is 9.47 Å². The predicted octanol–water partition coefficient (Wildman–Crippen LogP) is 3.60. The highest BCUT2D eigenvalue weighted by atomic mass is 16.5. The van der Waals surface area contributed by atoms with Gasteiger partial charge in [-0.25, -0.2) is 0 Å². The number of ether oxygens (including phenoxy) is 2. The van der Waals surface area contributed by atoms with Crippen LogP contribution in [0.4, 0.5) is 11.4 Å². The number of aryl methyl sites for hydroxylation is 2. The van der Waals surface area contributed by atoms with Gasteiger partial charge < -0.3 is 20.1 Å². The van der Waals surface area contributed by atoms with E-state index in [1.165, 1.54) is 0 Å². The molecule has 0 atom stereocenters. The van der Waals surface area contributed by atoms with Gasteiger partial charge in [-0.3, -0.25) is 14.4 Å². The van der Waals surface area contributed by atoms with Crippen molar-refractivity contribution in [2.45, 2.75) is 33.6 Å². The number of anilines is 2. The number of rotatable bonds is 9. The SMILES string of the molecule is CCOc1ccc(NC(=O)COC(=O)CCC(=O)Nc2c(C)cccc2C)cc1. The van der Waals surface area contributed by atoms with Crippen LogP contribution in [-0.4, -0.2) is 31.0 Å². The summed E-state index contributed by atoms with van der Waals surface area (Å²) < 4.78 is 10.3. The monoisotopic (exact) mass is 398 g/mol. The number of hydrogen-bond acceptors (Lipinski definition) is 5. The van der Waals surface area contributed by atoms with Gasteiger partial charge in [-0.05, 0) is 56.2 Å². The van der Waals surface area contributed by atoms with E-state index in [0.29, 0.717) is 18.0 Å². The molecule has 0 aliphatic heterocycles. The summed E-state index contributed by atoms with van der Waals surface area (Å²) in [5.74, 6) is -0.639. The van der Waals surface area contributed by atoms with E-state index < -0.39 is 18.5 Å². The lowest BCUT2D eigenvalue weighted by Crippen LogP contribution is -2.22. The maximum atomic E-state index is 12.1. The minimum Gasteiger partial charge on any atom is -0.494 e. The zero-order valence-electron chi connectivity index (χ0n) is 16.9. The van der Waals surface area contributed by atoms with Gasteiger partial charge in [-0.15, -0.1) is 0 Å². The molecule has 0 bridgehead atoms. The largest absolute Gasteiger partial charge is 0.494 e. The highest BCUT2D eigenvalue weighted by Gasteiger charge is 2.12. The van der Waals surface area contributed by atoms with Crippen LogP contribution in [0.5, 0.6) is 5.75 Å². The highest BCUT2D eigenvalue weighted by molar-refractivity contribution is 5.95. The number of amides is 2. The first-order valence-electron chi connectivity index (χ1n) is 9.43. The number of hydrogen-bond donors (Lipinski definition) is 2. The molecule has 2 N–H and O–H groups in total. The van der Waals surface area contributed by atoms with Crippen molar-refractivity contribution in [3.63, 3.8) is 0 Å². The third-order valence-electron chi connectivity index (χ3n) is 4.12. The molecule has 0 saturated carbocycles. The van der Waals surface area contributed by atoms with Crippen LogP contribution in [0.15, 0.2) is 42.5 Å². The third kappa shape index (κ3) is 7.29. The summed E-state index contributed by atoms with van der Waals surface area (Å²) in [4.78, 5) is 35.8. The Morgan fingerprint density at radius 2 is 1.52 bits per heavy atom. The van der Waals surface area contributed by atoms with Gasteiger partial charge in [0.05, 0.1) is 13.0 Å². The van der Waals surface area contributed by atoms with Crippen LogP contribution in [0.25, 0.3) is 0 Å². The standard InChI is InChI=1S/C22H26N2O5/c1-4-28-18-10-8-17(9-11-18)23-20(26)14-29-21(27)13-12-19(25)24-22-15(2)6-5-7-16(22)3/h5-11H,4,12-14H2,1-3H3,(H,23,26)(H,24,25). The summed E-state index contributed by atoms with van der Waals surface area (Å²) in [6.07, 6.45) is -0.125. The van der Waals surface area contributed by atoms with Crippen molar-refractivity contribution in [2.24, 2.45) is 0 Å². The fraction of sp³-hybridized carbons (Fsp3) is 0.318. The predicted molar refractivity (Wildman–Crippen MR) is 111 cm³/mol. The van der Waals surface area contributed by atoms with Crippen LogP contribution in [0, 0.1) is 13.8 Å². The van der Waals surface area contributed by atoms with Crippen molar-refractivity contribution in [1.82, 2.24) is 0 Å². The number of carbonyl (C=O) groups is 3. The van der Waals surface area contributed by atoms with Crippen LogP contribution in [0.2, 0.25) is 0 Å². The summed E-state index contributed by atoms with van der Waals surface area (Å²) in [5, 5.41) is 5.43. The van der Waals surface area contributed by atoms with Gasteiger partial charge in [0.15, 0.2) is 6.61 Å². The Hall–Kier alpha value is -3.35. The van der Waals surface area contributed by atoms with E-state index >= 15 is 0 Å². The lowest BCUT2D eigenvalue weighted by molar-refractivity contribution is -0.147. The van der Waals surface area contributed by atoms with Crippen LogP contribution in [0.3, 0.4) is 0 Å². The van der Waals surface area contributed by atoms with Gasteiger partial charge in [-0.1, -0.05) is 18.2 Å². The molecule has 0 fully saturated rings. The van der Waals surface area contributed by atoms with E-state index in [1.807, 2.05) is 39.0 Å². The first-order valence-corrected chi connectivity index (χ1v) is 9.43. The molecular formula is C22H26N2O5. The molecule has 0 saturated heterocycles. The van der Waals surface area contributed by atoms with Gasteiger partial charge in [-0.2, -0.15) is 0 Å². The van der Waals surface area contributed by atoms with Crippen molar-refractivity contribution >= 4 is 29.2 Å². The molecule has 0 aliphatic carbocycles. The summed E-state index contributed by atoms with van der Waals surface area (Å²) >= 11 is 0. The maximum Gasteiger partial charge on any atom is 0.306 e. The zero-order valence-corrected chi connectivity index (χ0v) is 16.9. The topological polar surface area (TPSA) is 93.7 Å². The second-order valence-corrected chi connectivity index (χ2v) is 6.48. The van der Waals surface area contributed by atoms with E-state index in [9.17, 15) is 14.4 Å². The summed E-state index contributed by atoms with van der Waals surface area (Å²) in [6.45, 7) is 5.84. The molecule has 2 amide bonds. The maximum absolute atomic E-state index is 12.1. The van der Waals surface area contributed by atoms with E-state index in [-0.39, 0.29) is 18.7 Å². The molecule has 29 heavy (non-hydrogen) atoms. The van der Waals surface area contributed by atoms with Crippen molar-refractivity contribution in [3.05, 3.63) is 53.6 Å². The van der Waals surface area contributed by atoms with Gasteiger partial charge in [0.1, 0.15) is 5.75 Å². The fourth-order valence-corrected chi connectivity index (χ4v) is 2.65. The van der Waals surface area contributed by atoms with Crippen molar-refractivity contribution in [3.8, 4) is 5.75 Å². The Kier molecular flexibility index (Phi) is 8.21. The normalized spacial score (nSPS) is 10.2. The van der Waals surface area contributed by atoms with Gasteiger partial charge >= 0.3 is 5.97 Å². The van der Waals surface area contributed by atoms with Gasteiger partial charge in [0, 0.05) is 17.8 Å². The van der Waals surface area contributed by atoms with Crippen LogP contribution in [0.1, 0.15) is 30.9 Å². The van der Waals surface area contributed by atoms with Crippen LogP contribution >= 0.6 is 0 Å². The first kappa shape index (κ1) is 21.9. The molecule has 7 nitrogen and oxygen atoms in total. The van der Waals surface area contributed by atoms with E-state index in [0.717, 1.165) is 16.8 Å². The molecule has 0 radical (unpaired) electrons. The average molecular weight is 398 g/mol. The van der Waals surface area contributed by atoms with Gasteiger partial charge in [0.25, 0.3) is 5.91 Å². The van der Waals surface area contributed by atoms with Crippen molar-refractivity contribution in [2.75, 3.05) is 23.8 Å². The quantitative estimate of drug-likeness (QED) is 0.630. The van der Waals surface area contributed by atoms with Gasteiger partial charge in [0.2, 0.25) is 5.91 Å². The Bertz CT molecular complexity index is 842. The Balaban J connectivity index is 1.71. The van der Waals surface area contributed by atoms with Crippen molar-refractivity contribution < 1.29 is 23.9 Å². The molecule has 7 heteroatoms. The number of nitrogens with one attached hydrogen (secondary N) is 2. The lowest BCUT2D eigenvalue weighted by Gasteiger charge is -2.11. The second kappa shape index (κ2) is 10.8. The third-order valence-corrected chi connectivity index (χ3v) is 4.12. The summed E-state index contributed by atoms with van der Waals surface area (Å²) in [7, 11) is 0. The number of carbonyl (C=O) groups excluding carboxylic acids is 3. The number of benzene rings is 2. The molecular weight excluding hydrogens is 372 g/mol. The molecule has 154 valence electrons. The molecule has 2 aromatic carbocycles. The fourth-order valence-electron chi connectivity index (χ4n) is 2.65. The van der Waals surface area contributed by atoms with Crippen LogP contribution in [-0.2, 0) is 19.1 Å². The van der Waals surface area contributed by atoms with Crippen LogP contribution < -0.4 is 15.4 Å². The molecule has 2 rings (SSSR count). The lowest BCUT2D eigenvalue weighted by atomic mass is 10.1. The molecule has 0 aliphatic rings. The Labute approximate surface area is 170 Å². The molecule has 0 aromatic heterocycles. The zero-order chi connectivity index (χ0) is 21.2. The smallest absolute Gasteiger partial charge is 0.306 e. The summed E-state index contributed by atoms with van der Waals surface area (Å²) in [6, 6.07) is 12.6. The van der Waals surface area contributed by atoms with E-state index in [1.54, 1.807) is 24.3 Å². The summed E-state index contributed by atoms with van der Waals surface area (Å²) in [5.41, 5.74) is 3.22. The number of para-hydroxylation sites is 1. The second-order valence-electron chi connectivity index (χ2n) is 6.48. The number of esters is 1. The molecule has 0 unspecified atom stereocenters. The van der Waals surface area contributed by atoms with E-state index in [2.05, 4.69) is 10.6 Å². The minimum absolute atomic E-state index is 0.0207. The molecule has 2 aromatic rings. The average Bonchev–Trinajstić information content (AvgIpc) is 2.69. The minimum atomic E-state index is -0.608.